The molecule has 1 aliphatic rings. The van der Waals surface area contributed by atoms with E-state index in [0.29, 0.717) is 11.1 Å². The fourth-order valence-corrected chi connectivity index (χ4v) is 4.53. The number of nitrogens with zero attached hydrogens (tertiary/aromatic N) is 2. The molecule has 4 N–H and O–H groups in total. The highest BCUT2D eigenvalue weighted by molar-refractivity contribution is 6.01. The number of carbonyl (C=O) groups is 5. The first-order valence-electron chi connectivity index (χ1n) is 13.6. The van der Waals surface area contributed by atoms with Crippen molar-refractivity contribution < 1.29 is 37.8 Å². The number of nitrogen functional groups attached to an aromatic ring is 1. The van der Waals surface area contributed by atoms with Gasteiger partial charge in [0, 0.05) is 30.6 Å². The molecule has 0 spiro atoms. The number of rotatable bonds is 10. The number of methoxy groups -OCH3 is 1. The van der Waals surface area contributed by atoms with E-state index < -0.39 is 59.6 Å². The van der Waals surface area contributed by atoms with Crippen molar-refractivity contribution >= 4 is 35.5 Å². The molecule has 0 aromatic heterocycles. The second-order valence-corrected chi connectivity index (χ2v) is 11.0. The lowest BCUT2D eigenvalue weighted by Crippen LogP contribution is -2.63. The maximum atomic E-state index is 14.0. The number of amides is 3. The minimum Gasteiger partial charge on any atom is -0.469 e. The molecule has 1 unspecified atom stereocenters. The van der Waals surface area contributed by atoms with Crippen LogP contribution >= 0.6 is 0 Å². The van der Waals surface area contributed by atoms with Crippen molar-refractivity contribution in [3.8, 4) is 0 Å². The second-order valence-electron chi connectivity index (χ2n) is 11.0. The molecule has 0 aliphatic carbocycles. The molecule has 1 saturated heterocycles. The maximum Gasteiger partial charge on any atom is 0.326 e. The summed E-state index contributed by atoms with van der Waals surface area (Å²) < 4.78 is 23.7. The molecule has 12 nitrogen and oxygen atoms in total. The molecule has 0 radical (unpaired) electrons. The number of carbonyl (C=O) groups excluding carboxylic acids is 5. The lowest BCUT2D eigenvalue weighted by atomic mass is 10.0. The monoisotopic (exact) mass is 597 g/mol. The van der Waals surface area contributed by atoms with E-state index in [9.17, 15) is 28.4 Å². The molecule has 13 heteroatoms. The van der Waals surface area contributed by atoms with Crippen molar-refractivity contribution in [3.63, 3.8) is 0 Å². The van der Waals surface area contributed by atoms with Gasteiger partial charge >= 0.3 is 11.9 Å². The van der Waals surface area contributed by atoms with Gasteiger partial charge in [0.15, 0.2) is 0 Å². The average Bonchev–Trinajstić information content (AvgIpc) is 2.94. The van der Waals surface area contributed by atoms with E-state index in [1.165, 1.54) is 58.3 Å². The van der Waals surface area contributed by atoms with E-state index in [4.69, 9.17) is 20.6 Å². The van der Waals surface area contributed by atoms with Crippen LogP contribution in [0, 0.1) is 11.2 Å². The summed E-state index contributed by atoms with van der Waals surface area (Å²) in [5.74, 6) is -3.97. The molecule has 2 atom stereocenters. The highest BCUT2D eigenvalue weighted by Gasteiger charge is 2.42. The summed E-state index contributed by atoms with van der Waals surface area (Å²) in [5.41, 5.74) is 5.84. The third kappa shape index (κ3) is 9.09. The summed E-state index contributed by atoms with van der Waals surface area (Å²) in [7, 11) is 1.15. The number of nitrogens with two attached hydrogens (primary N) is 1. The Kier molecular flexibility index (Phi) is 10.6. The Hall–Kier alpha value is -4.81. The van der Waals surface area contributed by atoms with E-state index >= 15 is 0 Å². The Labute approximate surface area is 248 Å². The van der Waals surface area contributed by atoms with Crippen LogP contribution in [0.3, 0.4) is 0 Å². The number of nitrogens with one attached hydrogen (secondary N) is 2. The van der Waals surface area contributed by atoms with E-state index in [2.05, 4.69) is 5.32 Å². The van der Waals surface area contributed by atoms with Crippen molar-refractivity contribution in [1.29, 1.82) is 5.41 Å². The Morgan fingerprint density at radius 3 is 2.19 bits per heavy atom. The molecule has 3 rings (SSSR count). The third-order valence-electron chi connectivity index (χ3n) is 6.61. The summed E-state index contributed by atoms with van der Waals surface area (Å²) in [6.45, 7) is 4.63. The summed E-state index contributed by atoms with van der Waals surface area (Å²) in [6, 6.07) is 8.74. The fraction of sp³-hybridized carbons (Fsp3) is 0.400. The molecule has 43 heavy (non-hydrogen) atoms. The van der Waals surface area contributed by atoms with Gasteiger partial charge in [0.1, 0.15) is 35.9 Å². The Bertz CT molecular complexity index is 1370. The number of halogens is 1. The normalized spacial score (nSPS) is 15.8. The molecule has 1 heterocycles. The van der Waals surface area contributed by atoms with Crippen LogP contribution in [0.2, 0.25) is 0 Å². The number of amidine groups is 1. The molecule has 0 bridgehead atoms. The number of hydrogen-bond donors (Lipinski definition) is 3. The lowest BCUT2D eigenvalue weighted by Gasteiger charge is -2.41. The summed E-state index contributed by atoms with van der Waals surface area (Å²) in [4.78, 5) is 67.8. The maximum absolute atomic E-state index is 14.0. The van der Waals surface area contributed by atoms with Crippen molar-refractivity contribution in [1.82, 2.24) is 15.1 Å². The minimum absolute atomic E-state index is 0.0226. The average molecular weight is 598 g/mol. The van der Waals surface area contributed by atoms with Crippen molar-refractivity contribution in [2.75, 3.05) is 26.7 Å². The SMILES string of the molecule is COC(=O)CC1C(=O)N(CC(=O)OC(C)(C)C)CCN1C(=O)[C@@H](Cc1ccc(F)cc1)NC(=O)c1ccc(C(=N)N)cc1. The van der Waals surface area contributed by atoms with Crippen molar-refractivity contribution in [3.05, 3.63) is 71.0 Å². The molecule has 3 amide bonds. The van der Waals surface area contributed by atoms with Gasteiger partial charge in [0.2, 0.25) is 11.8 Å². The predicted molar refractivity (Wildman–Crippen MR) is 153 cm³/mol. The number of esters is 2. The van der Waals surface area contributed by atoms with E-state index in [1.807, 2.05) is 0 Å². The molecular formula is C30H36FN5O7. The third-order valence-corrected chi connectivity index (χ3v) is 6.61. The van der Waals surface area contributed by atoms with Gasteiger partial charge < -0.3 is 30.3 Å². The Morgan fingerprint density at radius 1 is 1.02 bits per heavy atom. The van der Waals surface area contributed by atoms with Crippen LogP contribution < -0.4 is 11.1 Å². The number of ether oxygens (including phenoxy) is 2. The standard InChI is InChI=1S/C30H36FN5O7/c1-30(2,3)43-25(38)17-35-13-14-36(23(29(35)41)16-24(37)42-4)28(40)22(15-18-5-11-21(31)12-6-18)34-27(39)20-9-7-19(8-10-20)26(32)33/h5-12,22-23H,13-17H2,1-4H3,(H3,32,33)(H,34,39)/t22-,23?/m1/s1. The largest absolute Gasteiger partial charge is 0.469 e. The van der Waals surface area contributed by atoms with Crippen LogP contribution in [-0.2, 0) is 35.1 Å². The number of hydrogen-bond acceptors (Lipinski definition) is 8. The van der Waals surface area contributed by atoms with Gasteiger partial charge in [-0.1, -0.05) is 24.3 Å². The van der Waals surface area contributed by atoms with Crippen molar-refractivity contribution in [2.45, 2.75) is 51.3 Å². The molecule has 0 saturated carbocycles. The Balaban J connectivity index is 1.89. The lowest BCUT2D eigenvalue weighted by molar-refractivity contribution is -0.164. The van der Waals surface area contributed by atoms with Gasteiger partial charge in [-0.15, -0.1) is 0 Å². The van der Waals surface area contributed by atoms with Crippen LogP contribution in [-0.4, -0.2) is 89.7 Å². The molecule has 2 aromatic carbocycles. The van der Waals surface area contributed by atoms with Gasteiger partial charge in [0.25, 0.3) is 5.91 Å². The smallest absolute Gasteiger partial charge is 0.326 e. The van der Waals surface area contributed by atoms with Crippen LogP contribution in [0.25, 0.3) is 0 Å². The minimum atomic E-state index is -1.31. The zero-order valence-corrected chi connectivity index (χ0v) is 24.5. The summed E-state index contributed by atoms with van der Waals surface area (Å²) >= 11 is 0. The van der Waals surface area contributed by atoms with Gasteiger partial charge in [-0.05, 0) is 50.6 Å². The van der Waals surface area contributed by atoms with Gasteiger partial charge in [-0.3, -0.25) is 29.4 Å². The van der Waals surface area contributed by atoms with Gasteiger partial charge in [0.05, 0.1) is 13.5 Å². The quantitative estimate of drug-likeness (QED) is 0.209. The van der Waals surface area contributed by atoms with Crippen LogP contribution in [0.4, 0.5) is 4.39 Å². The van der Waals surface area contributed by atoms with E-state index in [0.717, 1.165) is 7.11 Å². The topological polar surface area (TPSA) is 172 Å². The van der Waals surface area contributed by atoms with Crippen LogP contribution in [0.1, 0.15) is 48.7 Å². The number of benzene rings is 2. The summed E-state index contributed by atoms with van der Waals surface area (Å²) in [5, 5.41) is 10.2. The zero-order valence-electron chi connectivity index (χ0n) is 24.5. The van der Waals surface area contributed by atoms with E-state index in [1.54, 1.807) is 20.8 Å². The van der Waals surface area contributed by atoms with E-state index in [-0.39, 0.29) is 37.5 Å². The molecule has 1 aliphatic heterocycles. The molecule has 230 valence electrons. The fourth-order valence-electron chi connectivity index (χ4n) is 4.53. The highest BCUT2D eigenvalue weighted by Crippen LogP contribution is 2.20. The number of piperazine rings is 1. The Morgan fingerprint density at radius 2 is 1.63 bits per heavy atom. The second kappa shape index (κ2) is 13.9. The van der Waals surface area contributed by atoms with Crippen LogP contribution in [0.15, 0.2) is 48.5 Å². The molecule has 1 fully saturated rings. The van der Waals surface area contributed by atoms with Gasteiger partial charge in [-0.2, -0.15) is 0 Å². The van der Waals surface area contributed by atoms with Gasteiger partial charge in [-0.25, -0.2) is 4.39 Å². The van der Waals surface area contributed by atoms with Crippen molar-refractivity contribution in [2.24, 2.45) is 5.73 Å². The first kappa shape index (κ1) is 32.7. The molecular weight excluding hydrogens is 561 g/mol. The first-order valence-corrected chi connectivity index (χ1v) is 13.6. The first-order chi connectivity index (χ1) is 20.2. The highest BCUT2D eigenvalue weighted by atomic mass is 19.1. The summed E-state index contributed by atoms with van der Waals surface area (Å²) in [6.07, 6.45) is -0.525. The predicted octanol–water partition coefficient (Wildman–Crippen LogP) is 1.40. The van der Waals surface area contributed by atoms with Crippen LogP contribution in [0.5, 0.6) is 0 Å². The zero-order chi connectivity index (χ0) is 31.9. The molecule has 2 aromatic rings.